The van der Waals surface area contributed by atoms with Crippen molar-refractivity contribution in [2.45, 2.75) is 33.2 Å². The van der Waals surface area contributed by atoms with Crippen molar-refractivity contribution in [1.29, 1.82) is 0 Å². The van der Waals surface area contributed by atoms with E-state index >= 15 is 0 Å². The van der Waals surface area contributed by atoms with Crippen molar-refractivity contribution < 1.29 is 5.11 Å². The van der Waals surface area contributed by atoms with Crippen molar-refractivity contribution in [3.05, 3.63) is 22.2 Å². The predicted octanol–water partition coefficient (Wildman–Crippen LogP) is 4.55. The second-order valence-corrected chi connectivity index (χ2v) is 5.28. The van der Waals surface area contributed by atoms with Crippen molar-refractivity contribution in [1.82, 2.24) is 0 Å². The van der Waals surface area contributed by atoms with E-state index in [0.717, 1.165) is 12.1 Å². The van der Waals surface area contributed by atoms with E-state index in [1.165, 1.54) is 0 Å². The first-order valence-electron chi connectivity index (χ1n) is 5.34. The molecule has 1 unspecified atom stereocenters. The molecule has 0 spiro atoms. The molecule has 0 bridgehead atoms. The van der Waals surface area contributed by atoms with Gasteiger partial charge in [-0.3, -0.25) is 0 Å². The Hall–Kier alpha value is -0.600. The maximum Gasteiger partial charge on any atom is 0.152 e. The Balaban J connectivity index is 2.74. The molecule has 0 fully saturated rings. The molecule has 1 aromatic carbocycles. The predicted molar refractivity (Wildman–Crippen MR) is 70.7 cm³/mol. The lowest BCUT2D eigenvalue weighted by Crippen LogP contribution is -2.17. The van der Waals surface area contributed by atoms with E-state index in [0.29, 0.717) is 12.0 Å². The highest BCUT2D eigenvalue weighted by molar-refractivity contribution is 6.37. The van der Waals surface area contributed by atoms with Crippen LogP contribution in [0.3, 0.4) is 0 Å². The average Bonchev–Trinajstić information content (AvgIpc) is 2.12. The van der Waals surface area contributed by atoms with Crippen molar-refractivity contribution in [2.24, 2.45) is 5.92 Å². The first kappa shape index (κ1) is 13.5. The van der Waals surface area contributed by atoms with Crippen LogP contribution in [-0.4, -0.2) is 11.1 Å². The first-order chi connectivity index (χ1) is 7.40. The van der Waals surface area contributed by atoms with Crippen molar-refractivity contribution in [2.75, 3.05) is 5.32 Å². The van der Waals surface area contributed by atoms with E-state index in [4.69, 9.17) is 23.2 Å². The maximum atomic E-state index is 9.42. The molecule has 0 aliphatic rings. The summed E-state index contributed by atoms with van der Waals surface area (Å²) in [5.74, 6) is 0.566. The van der Waals surface area contributed by atoms with E-state index < -0.39 is 0 Å². The van der Waals surface area contributed by atoms with Crippen LogP contribution in [0.5, 0.6) is 5.75 Å². The third kappa shape index (κ3) is 3.76. The third-order valence-corrected chi connectivity index (χ3v) is 2.83. The van der Waals surface area contributed by atoms with Crippen LogP contribution in [-0.2, 0) is 0 Å². The lowest BCUT2D eigenvalue weighted by atomic mass is 10.1. The third-order valence-electron chi connectivity index (χ3n) is 2.25. The van der Waals surface area contributed by atoms with Gasteiger partial charge < -0.3 is 10.4 Å². The van der Waals surface area contributed by atoms with E-state index in [2.05, 4.69) is 26.1 Å². The van der Waals surface area contributed by atoms with E-state index in [1.807, 2.05) is 0 Å². The lowest BCUT2D eigenvalue weighted by molar-refractivity contribution is 0.476. The SMILES string of the molecule is CC(C)CC(C)Nc1cc(Cl)c(O)c(Cl)c1. The Bertz CT molecular complexity index is 343. The van der Waals surface area contributed by atoms with Gasteiger partial charge in [-0.15, -0.1) is 0 Å². The van der Waals surface area contributed by atoms with Crippen LogP contribution in [0, 0.1) is 5.92 Å². The number of aromatic hydroxyl groups is 1. The van der Waals surface area contributed by atoms with Crippen molar-refractivity contribution in [3.63, 3.8) is 0 Å². The van der Waals surface area contributed by atoms with Gasteiger partial charge in [0, 0.05) is 11.7 Å². The van der Waals surface area contributed by atoms with E-state index in [1.54, 1.807) is 12.1 Å². The van der Waals surface area contributed by atoms with Gasteiger partial charge in [0.1, 0.15) is 0 Å². The molecule has 90 valence electrons. The molecule has 0 saturated heterocycles. The highest BCUT2D eigenvalue weighted by Gasteiger charge is 2.09. The molecule has 4 heteroatoms. The Morgan fingerprint density at radius 1 is 1.19 bits per heavy atom. The monoisotopic (exact) mass is 261 g/mol. The summed E-state index contributed by atoms with van der Waals surface area (Å²) in [6, 6.07) is 3.70. The number of rotatable bonds is 4. The molecule has 0 aliphatic carbocycles. The van der Waals surface area contributed by atoms with Crippen LogP contribution in [0.15, 0.2) is 12.1 Å². The zero-order valence-corrected chi connectivity index (χ0v) is 11.2. The molecule has 0 aromatic heterocycles. The van der Waals surface area contributed by atoms with Crippen molar-refractivity contribution in [3.8, 4) is 5.75 Å². The molecule has 0 heterocycles. The van der Waals surface area contributed by atoms with Gasteiger partial charge in [-0.1, -0.05) is 37.0 Å². The molecular formula is C12H17Cl2NO. The van der Waals surface area contributed by atoms with Gasteiger partial charge >= 0.3 is 0 Å². The summed E-state index contributed by atoms with van der Waals surface area (Å²) >= 11 is 11.7. The zero-order chi connectivity index (χ0) is 12.3. The van der Waals surface area contributed by atoms with Crippen molar-refractivity contribution >= 4 is 28.9 Å². The molecule has 1 atom stereocenters. The summed E-state index contributed by atoms with van der Waals surface area (Å²) in [5.41, 5.74) is 0.834. The Morgan fingerprint density at radius 2 is 1.69 bits per heavy atom. The standard InChI is InChI=1S/C12H17Cl2NO/c1-7(2)4-8(3)15-9-5-10(13)12(16)11(14)6-9/h5-8,15-16H,4H2,1-3H3. The van der Waals surface area contributed by atoms with Gasteiger partial charge in [-0.2, -0.15) is 0 Å². The highest BCUT2D eigenvalue weighted by atomic mass is 35.5. The summed E-state index contributed by atoms with van der Waals surface area (Å²) in [4.78, 5) is 0. The minimum Gasteiger partial charge on any atom is -0.505 e. The second kappa shape index (κ2) is 5.65. The summed E-state index contributed by atoms with van der Waals surface area (Å²) in [6.45, 7) is 6.46. The number of halogens is 2. The molecule has 0 aliphatic heterocycles. The topological polar surface area (TPSA) is 32.3 Å². The molecule has 1 aromatic rings. The molecule has 16 heavy (non-hydrogen) atoms. The molecular weight excluding hydrogens is 245 g/mol. The minimum atomic E-state index is -0.0644. The number of nitrogens with one attached hydrogen (secondary N) is 1. The summed E-state index contributed by atoms with van der Waals surface area (Å²) in [7, 11) is 0. The van der Waals surface area contributed by atoms with Gasteiger partial charge in [-0.25, -0.2) is 0 Å². The number of phenols is 1. The Morgan fingerprint density at radius 3 is 2.12 bits per heavy atom. The molecule has 2 nitrogen and oxygen atoms in total. The lowest BCUT2D eigenvalue weighted by Gasteiger charge is -2.17. The molecule has 0 saturated carbocycles. The normalized spacial score (nSPS) is 12.9. The largest absolute Gasteiger partial charge is 0.505 e. The molecule has 0 radical (unpaired) electrons. The molecule has 0 amide bonds. The number of hydrogen-bond donors (Lipinski definition) is 2. The maximum absolute atomic E-state index is 9.42. The number of phenolic OH excluding ortho intramolecular Hbond substituents is 1. The Kier molecular flexibility index (Phi) is 4.75. The smallest absolute Gasteiger partial charge is 0.152 e. The fourth-order valence-corrected chi connectivity index (χ4v) is 2.19. The number of anilines is 1. The van der Waals surface area contributed by atoms with Crippen LogP contribution in [0.1, 0.15) is 27.2 Å². The fraction of sp³-hybridized carbons (Fsp3) is 0.500. The minimum absolute atomic E-state index is 0.0644. The van der Waals surface area contributed by atoms with Crippen LogP contribution in [0.4, 0.5) is 5.69 Å². The van der Waals surface area contributed by atoms with Gasteiger partial charge in [0.05, 0.1) is 10.0 Å². The van der Waals surface area contributed by atoms with E-state index in [-0.39, 0.29) is 15.8 Å². The molecule has 1 rings (SSSR count). The zero-order valence-electron chi connectivity index (χ0n) is 9.72. The van der Waals surface area contributed by atoms with Crippen LogP contribution < -0.4 is 5.32 Å². The Labute approximate surface area is 107 Å². The van der Waals surface area contributed by atoms with Gasteiger partial charge in [-0.05, 0) is 31.4 Å². The number of hydrogen-bond acceptors (Lipinski definition) is 2. The molecule has 2 N–H and O–H groups in total. The van der Waals surface area contributed by atoms with Crippen LogP contribution in [0.2, 0.25) is 10.0 Å². The van der Waals surface area contributed by atoms with Gasteiger partial charge in [0.2, 0.25) is 0 Å². The highest BCUT2D eigenvalue weighted by Crippen LogP contribution is 2.34. The fourth-order valence-electron chi connectivity index (χ4n) is 1.70. The first-order valence-corrected chi connectivity index (χ1v) is 6.10. The van der Waals surface area contributed by atoms with E-state index in [9.17, 15) is 5.11 Å². The van der Waals surface area contributed by atoms with Gasteiger partial charge in [0.15, 0.2) is 5.75 Å². The summed E-state index contributed by atoms with van der Waals surface area (Å²) in [6.07, 6.45) is 1.07. The summed E-state index contributed by atoms with van der Waals surface area (Å²) < 4.78 is 0. The average molecular weight is 262 g/mol. The number of benzene rings is 1. The van der Waals surface area contributed by atoms with Crippen LogP contribution >= 0.6 is 23.2 Å². The summed E-state index contributed by atoms with van der Waals surface area (Å²) in [5, 5.41) is 13.3. The van der Waals surface area contributed by atoms with Gasteiger partial charge in [0.25, 0.3) is 0 Å². The second-order valence-electron chi connectivity index (χ2n) is 4.46. The van der Waals surface area contributed by atoms with Crippen LogP contribution in [0.25, 0.3) is 0 Å². The quantitative estimate of drug-likeness (QED) is 0.780.